The zero-order chi connectivity index (χ0) is 12.0. The Labute approximate surface area is 95.4 Å². The van der Waals surface area contributed by atoms with E-state index in [0.717, 1.165) is 5.56 Å². The van der Waals surface area contributed by atoms with Crippen molar-refractivity contribution in [2.24, 2.45) is 5.73 Å². The van der Waals surface area contributed by atoms with Gasteiger partial charge in [-0.1, -0.05) is 0 Å². The van der Waals surface area contributed by atoms with Crippen molar-refractivity contribution in [1.29, 1.82) is 0 Å². The molecule has 0 radical (unpaired) electrons. The highest BCUT2D eigenvalue weighted by Gasteiger charge is 2.07. The average Bonchev–Trinajstić information content (AvgIpc) is 2.28. The first kappa shape index (κ1) is 12.9. The van der Waals surface area contributed by atoms with E-state index in [2.05, 4.69) is 0 Å². The molecule has 1 rings (SSSR count). The van der Waals surface area contributed by atoms with Crippen LogP contribution in [0.2, 0.25) is 0 Å². The lowest BCUT2D eigenvalue weighted by atomic mass is 10.1. The molecule has 3 nitrogen and oxygen atoms in total. The zero-order valence-corrected chi connectivity index (χ0v) is 9.70. The van der Waals surface area contributed by atoms with Crippen LogP contribution in [-0.4, -0.2) is 26.4 Å². The molecule has 2 N–H and O–H groups in total. The molecule has 1 aromatic rings. The molecule has 0 bridgehead atoms. The molecule has 0 fully saturated rings. The molecule has 0 aliphatic carbocycles. The summed E-state index contributed by atoms with van der Waals surface area (Å²) in [5, 5.41) is 0. The molecule has 0 aliphatic heterocycles. The highest BCUT2D eigenvalue weighted by Crippen LogP contribution is 2.20. The summed E-state index contributed by atoms with van der Waals surface area (Å²) in [6, 6.07) is 4.47. The molecule has 16 heavy (non-hydrogen) atoms. The monoisotopic (exact) mass is 227 g/mol. The first-order valence-corrected chi connectivity index (χ1v) is 5.31. The van der Waals surface area contributed by atoms with Crippen LogP contribution in [0.5, 0.6) is 5.75 Å². The van der Waals surface area contributed by atoms with E-state index < -0.39 is 0 Å². The topological polar surface area (TPSA) is 44.5 Å². The number of benzene rings is 1. The van der Waals surface area contributed by atoms with Gasteiger partial charge in [-0.15, -0.1) is 0 Å². The second-order valence-corrected chi connectivity index (χ2v) is 3.65. The summed E-state index contributed by atoms with van der Waals surface area (Å²) in [5.74, 6) is 0.409. The molecule has 0 amide bonds. The Morgan fingerprint density at radius 2 is 2.19 bits per heavy atom. The van der Waals surface area contributed by atoms with Gasteiger partial charge < -0.3 is 15.2 Å². The third kappa shape index (κ3) is 3.79. The Hall–Kier alpha value is -1.13. The van der Waals surface area contributed by atoms with E-state index >= 15 is 0 Å². The Morgan fingerprint density at radius 3 is 2.81 bits per heavy atom. The van der Waals surface area contributed by atoms with Crippen molar-refractivity contribution in [3.8, 4) is 5.75 Å². The van der Waals surface area contributed by atoms with E-state index in [1.165, 1.54) is 12.1 Å². The molecule has 0 aromatic heterocycles. The van der Waals surface area contributed by atoms with Gasteiger partial charge in [0.1, 0.15) is 18.2 Å². The Balaban J connectivity index is 2.70. The second-order valence-electron chi connectivity index (χ2n) is 3.65. The molecule has 0 spiro atoms. The molecule has 90 valence electrons. The minimum Gasteiger partial charge on any atom is -0.491 e. The maximum atomic E-state index is 13.0. The van der Waals surface area contributed by atoms with Crippen LogP contribution < -0.4 is 10.5 Å². The van der Waals surface area contributed by atoms with Crippen molar-refractivity contribution in [1.82, 2.24) is 0 Å². The number of nitrogens with two attached hydrogens (primary N) is 1. The largest absolute Gasteiger partial charge is 0.491 e. The third-order valence-corrected chi connectivity index (χ3v) is 2.31. The highest BCUT2D eigenvalue weighted by atomic mass is 19.1. The van der Waals surface area contributed by atoms with Crippen molar-refractivity contribution in [2.75, 3.05) is 20.3 Å². The lowest BCUT2D eigenvalue weighted by molar-refractivity contribution is 0.0713. The van der Waals surface area contributed by atoms with Crippen molar-refractivity contribution in [3.63, 3.8) is 0 Å². The van der Waals surface area contributed by atoms with E-state index in [0.29, 0.717) is 25.3 Å². The minimum absolute atomic E-state index is 0.00998. The first-order chi connectivity index (χ1) is 7.67. The fourth-order valence-corrected chi connectivity index (χ4v) is 1.31. The standard InChI is InChI=1S/C12H18FNO2/c1-9(15-2)8-16-12-4-3-11(13)7-10(12)5-6-14/h3-4,7,9H,5-6,8,14H2,1-2H3. The van der Waals surface area contributed by atoms with E-state index in [9.17, 15) is 4.39 Å². The van der Waals surface area contributed by atoms with Gasteiger partial charge >= 0.3 is 0 Å². The minimum atomic E-state index is -0.268. The number of rotatable bonds is 6. The Kier molecular flexibility index (Phi) is 5.22. The van der Waals surface area contributed by atoms with Gasteiger partial charge in [-0.25, -0.2) is 4.39 Å². The maximum absolute atomic E-state index is 13.0. The van der Waals surface area contributed by atoms with Crippen LogP contribution in [0.3, 0.4) is 0 Å². The van der Waals surface area contributed by atoms with Crippen molar-refractivity contribution < 1.29 is 13.9 Å². The SMILES string of the molecule is COC(C)COc1ccc(F)cc1CCN. The predicted octanol–water partition coefficient (Wildman–Crippen LogP) is 1.74. The number of ether oxygens (including phenoxy) is 2. The average molecular weight is 227 g/mol. The van der Waals surface area contributed by atoms with Crippen molar-refractivity contribution in [2.45, 2.75) is 19.4 Å². The lowest BCUT2D eigenvalue weighted by Gasteiger charge is -2.14. The van der Waals surface area contributed by atoms with Crippen LogP contribution in [-0.2, 0) is 11.2 Å². The molecule has 0 saturated heterocycles. The van der Waals surface area contributed by atoms with Crippen LogP contribution in [0.15, 0.2) is 18.2 Å². The van der Waals surface area contributed by atoms with Gasteiger partial charge in [0.15, 0.2) is 0 Å². The first-order valence-electron chi connectivity index (χ1n) is 5.31. The van der Waals surface area contributed by atoms with Gasteiger partial charge in [-0.3, -0.25) is 0 Å². The molecule has 1 unspecified atom stereocenters. The van der Waals surface area contributed by atoms with E-state index in [1.54, 1.807) is 13.2 Å². The summed E-state index contributed by atoms with van der Waals surface area (Å²) >= 11 is 0. The molecule has 4 heteroatoms. The molecule has 1 atom stereocenters. The molecule has 0 aliphatic rings. The van der Waals surface area contributed by atoms with E-state index in [-0.39, 0.29) is 11.9 Å². The van der Waals surface area contributed by atoms with Gasteiger partial charge in [0, 0.05) is 7.11 Å². The van der Waals surface area contributed by atoms with E-state index in [1.807, 2.05) is 6.92 Å². The number of hydrogen-bond donors (Lipinski definition) is 1. The maximum Gasteiger partial charge on any atom is 0.123 e. The number of methoxy groups -OCH3 is 1. The fourth-order valence-electron chi connectivity index (χ4n) is 1.31. The van der Waals surface area contributed by atoms with Gasteiger partial charge in [0.05, 0.1) is 6.10 Å². The van der Waals surface area contributed by atoms with Crippen LogP contribution >= 0.6 is 0 Å². The summed E-state index contributed by atoms with van der Waals surface area (Å²) in [6.45, 7) is 2.82. The molecule has 1 aromatic carbocycles. The summed E-state index contributed by atoms with van der Waals surface area (Å²) in [6.07, 6.45) is 0.616. The zero-order valence-electron chi connectivity index (χ0n) is 9.70. The van der Waals surface area contributed by atoms with Crippen LogP contribution in [0.25, 0.3) is 0 Å². The van der Waals surface area contributed by atoms with Crippen LogP contribution in [0.1, 0.15) is 12.5 Å². The quantitative estimate of drug-likeness (QED) is 0.805. The summed E-state index contributed by atoms with van der Waals surface area (Å²) in [7, 11) is 1.62. The fraction of sp³-hybridized carbons (Fsp3) is 0.500. The summed E-state index contributed by atoms with van der Waals surface area (Å²) in [5.41, 5.74) is 6.26. The van der Waals surface area contributed by atoms with Gasteiger partial charge in [0.25, 0.3) is 0 Å². The second kappa shape index (κ2) is 6.45. The van der Waals surface area contributed by atoms with Crippen LogP contribution in [0.4, 0.5) is 4.39 Å². The molecule has 0 heterocycles. The molecular formula is C12H18FNO2. The Morgan fingerprint density at radius 1 is 1.44 bits per heavy atom. The van der Waals surface area contributed by atoms with Gasteiger partial charge in [0.2, 0.25) is 0 Å². The van der Waals surface area contributed by atoms with Gasteiger partial charge in [-0.05, 0) is 43.7 Å². The summed E-state index contributed by atoms with van der Waals surface area (Å²) < 4.78 is 23.6. The van der Waals surface area contributed by atoms with Gasteiger partial charge in [-0.2, -0.15) is 0 Å². The number of halogens is 1. The summed E-state index contributed by atoms with van der Waals surface area (Å²) in [4.78, 5) is 0. The number of hydrogen-bond acceptors (Lipinski definition) is 3. The smallest absolute Gasteiger partial charge is 0.123 e. The molecular weight excluding hydrogens is 209 g/mol. The molecule has 0 saturated carbocycles. The normalized spacial score (nSPS) is 12.5. The third-order valence-electron chi connectivity index (χ3n) is 2.31. The predicted molar refractivity (Wildman–Crippen MR) is 61.1 cm³/mol. The Bertz CT molecular complexity index is 331. The van der Waals surface area contributed by atoms with Crippen molar-refractivity contribution >= 4 is 0 Å². The lowest BCUT2D eigenvalue weighted by Crippen LogP contribution is -2.17. The van der Waals surface area contributed by atoms with Crippen LogP contribution in [0, 0.1) is 5.82 Å². The van der Waals surface area contributed by atoms with Crippen molar-refractivity contribution in [3.05, 3.63) is 29.6 Å². The van der Waals surface area contributed by atoms with E-state index in [4.69, 9.17) is 15.2 Å². The highest BCUT2D eigenvalue weighted by molar-refractivity contribution is 5.34.